The van der Waals surface area contributed by atoms with E-state index >= 15 is 0 Å². The number of unbranched alkanes of at least 4 members (excludes halogenated alkanes) is 1. The number of fused-ring (bicyclic) bond motifs is 1. The van der Waals surface area contributed by atoms with Gasteiger partial charge in [0.25, 0.3) is 10.1 Å². The molecule has 2 aliphatic rings. The molecule has 0 amide bonds. The fraction of sp³-hybridized carbons (Fsp3) is 0.333. The molecule has 0 heterocycles. The number of rotatable bonds is 10. The van der Waals surface area contributed by atoms with Crippen LogP contribution in [0.25, 0.3) is 11.1 Å². The Balaban J connectivity index is 0.00000306. The Morgan fingerprint density at radius 2 is 1.56 bits per heavy atom. The average molecular weight is 516 g/mol. The minimum Gasteiger partial charge on any atom is -1.00 e. The molecule has 7 nitrogen and oxygen atoms in total. The van der Waals surface area contributed by atoms with E-state index in [1.165, 1.54) is 25.3 Å². The van der Waals surface area contributed by atoms with Crippen LogP contribution in [0.15, 0.2) is 64.4 Å². The second-order valence-corrected chi connectivity index (χ2v) is 11.3. The zero-order valence-corrected chi connectivity index (χ0v) is 23.5. The van der Waals surface area contributed by atoms with E-state index in [1.807, 2.05) is 18.2 Å². The van der Waals surface area contributed by atoms with Crippen molar-refractivity contribution >= 4 is 20.1 Å². The minimum atomic E-state index is -4.36. The maximum Gasteiger partial charge on any atom is 1.00 e. The van der Waals surface area contributed by atoms with E-state index in [4.69, 9.17) is 4.74 Å². The van der Waals surface area contributed by atoms with Gasteiger partial charge in [-0.2, -0.15) is 8.42 Å². The molecule has 2 aliphatic carbocycles. The number of methoxy groups -OCH3 is 1. The largest absolute Gasteiger partial charge is 1.00 e. The van der Waals surface area contributed by atoms with Crippen LogP contribution in [0.4, 0.5) is 0 Å². The van der Waals surface area contributed by atoms with Gasteiger partial charge < -0.3 is 6.16 Å². The third kappa shape index (κ3) is 7.04. The van der Waals surface area contributed by atoms with Crippen molar-refractivity contribution in [2.24, 2.45) is 0 Å². The molecule has 0 spiro atoms. The Morgan fingerprint density at radius 1 is 0.941 bits per heavy atom. The Labute approximate surface area is 225 Å². The van der Waals surface area contributed by atoms with E-state index in [0.717, 1.165) is 16.7 Å². The minimum absolute atomic E-state index is 0. The van der Waals surface area contributed by atoms with Gasteiger partial charge in [0.2, 0.25) is 10.0 Å². The van der Waals surface area contributed by atoms with Gasteiger partial charge in [-0.15, -0.1) is 0 Å². The summed E-state index contributed by atoms with van der Waals surface area (Å²) in [5.74, 6) is 0.854. The quantitative estimate of drug-likeness (QED) is 0.241. The van der Waals surface area contributed by atoms with Crippen molar-refractivity contribution in [3.63, 3.8) is 0 Å². The first-order valence-electron chi connectivity index (χ1n) is 10.7. The fourth-order valence-electron chi connectivity index (χ4n) is 3.69. The van der Waals surface area contributed by atoms with Gasteiger partial charge in [0.05, 0.1) is 12.0 Å². The standard InChI is InChI=1S/C24H29NO6S2.Na.H/c1-17(2)18-7-13-22-19(16-24(33(28,29)30)23(22)14-8-18)6-4-5-15-25-32(26,27)21-11-9-20(31-3)10-12-21;;/h7-14,16-17,25H,4-6,15H2,1-3H3,(H,28,29,30);;/q;+1;-1. The van der Waals surface area contributed by atoms with E-state index < -0.39 is 20.1 Å². The predicted molar refractivity (Wildman–Crippen MR) is 129 cm³/mol. The monoisotopic (exact) mass is 515 g/mol. The molecule has 2 N–H and O–H groups in total. The molecule has 0 saturated heterocycles. The number of ether oxygens (including phenoxy) is 1. The van der Waals surface area contributed by atoms with Crippen LogP contribution in [-0.2, 0) is 26.6 Å². The molecule has 0 aliphatic heterocycles. The molecular weight excluding hydrogens is 485 g/mol. The summed E-state index contributed by atoms with van der Waals surface area (Å²) >= 11 is 0. The number of benzene rings is 1. The summed E-state index contributed by atoms with van der Waals surface area (Å²) in [5, 5.41) is 0. The maximum absolute atomic E-state index is 12.4. The summed E-state index contributed by atoms with van der Waals surface area (Å²) in [4.78, 5) is 0.0650. The molecule has 34 heavy (non-hydrogen) atoms. The van der Waals surface area contributed by atoms with Crippen LogP contribution in [0.5, 0.6) is 5.75 Å². The molecule has 1 aromatic carbocycles. The zero-order chi connectivity index (χ0) is 24.2. The summed E-state index contributed by atoms with van der Waals surface area (Å²) in [6.07, 6.45) is 1.77. The van der Waals surface area contributed by atoms with E-state index in [9.17, 15) is 21.4 Å². The van der Waals surface area contributed by atoms with Crippen LogP contribution in [0.3, 0.4) is 0 Å². The van der Waals surface area contributed by atoms with Crippen molar-refractivity contribution < 1.29 is 57.1 Å². The molecule has 0 bridgehead atoms. The van der Waals surface area contributed by atoms with Gasteiger partial charge in [-0.1, -0.05) is 38.1 Å². The zero-order valence-electron chi connectivity index (χ0n) is 20.9. The summed E-state index contributed by atoms with van der Waals surface area (Å²) in [5.41, 5.74) is 3.13. The van der Waals surface area contributed by atoms with E-state index in [0.29, 0.717) is 30.6 Å². The molecule has 0 atom stereocenters. The Kier molecular flexibility index (Phi) is 10.1. The van der Waals surface area contributed by atoms with Gasteiger partial charge in [-0.3, -0.25) is 4.55 Å². The maximum atomic E-state index is 12.4. The Morgan fingerprint density at radius 3 is 2.12 bits per heavy atom. The Hall–Kier alpha value is -1.46. The van der Waals surface area contributed by atoms with Gasteiger partial charge in [0, 0.05) is 12.1 Å². The number of sulfonamides is 1. The average Bonchev–Trinajstić information content (AvgIpc) is 2.96. The summed E-state index contributed by atoms with van der Waals surface area (Å²) in [7, 11) is -6.47. The first kappa shape index (κ1) is 28.8. The van der Waals surface area contributed by atoms with Crippen LogP contribution < -0.4 is 39.0 Å². The third-order valence-corrected chi connectivity index (χ3v) is 7.94. The molecule has 3 rings (SSSR count). The summed E-state index contributed by atoms with van der Waals surface area (Å²) < 4.78 is 66.0. The number of nitrogens with one attached hydrogen (secondary N) is 1. The van der Waals surface area contributed by atoms with E-state index in [-0.39, 0.29) is 53.2 Å². The fourth-order valence-corrected chi connectivity index (χ4v) is 5.51. The first-order valence-corrected chi connectivity index (χ1v) is 13.6. The van der Waals surface area contributed by atoms with Gasteiger partial charge in [-0.25, -0.2) is 13.1 Å². The second-order valence-electron chi connectivity index (χ2n) is 8.19. The molecule has 10 heteroatoms. The molecule has 1 aromatic rings. The van der Waals surface area contributed by atoms with Crippen molar-refractivity contribution in [1.29, 1.82) is 0 Å². The van der Waals surface area contributed by atoms with Gasteiger partial charge in [0.15, 0.2) is 0 Å². The van der Waals surface area contributed by atoms with Crippen LogP contribution >= 0.6 is 0 Å². The van der Waals surface area contributed by atoms with Crippen molar-refractivity contribution in [3.8, 4) is 16.9 Å². The summed E-state index contributed by atoms with van der Waals surface area (Å²) in [6, 6.07) is 15.1. The number of hydrogen-bond acceptors (Lipinski definition) is 5. The number of aryl methyl sites for hydroxylation is 1. The number of hydrogen-bond donors (Lipinski definition) is 2. The molecule has 0 radical (unpaired) electrons. The van der Waals surface area contributed by atoms with Gasteiger partial charge >= 0.3 is 29.6 Å². The summed E-state index contributed by atoms with van der Waals surface area (Å²) in [6.45, 7) is 4.36. The first-order chi connectivity index (χ1) is 15.5. The van der Waals surface area contributed by atoms with Crippen molar-refractivity contribution in [2.75, 3.05) is 13.7 Å². The van der Waals surface area contributed by atoms with Crippen LogP contribution in [-0.4, -0.2) is 35.0 Å². The molecule has 180 valence electrons. The van der Waals surface area contributed by atoms with Gasteiger partial charge in [0.1, 0.15) is 10.6 Å². The van der Waals surface area contributed by atoms with Crippen molar-refractivity contribution in [3.05, 3.63) is 65.7 Å². The molecule has 0 unspecified atom stereocenters. The predicted octanol–water partition coefficient (Wildman–Crippen LogP) is 1.59. The van der Waals surface area contributed by atoms with Crippen LogP contribution in [0, 0.1) is 0 Å². The van der Waals surface area contributed by atoms with E-state index in [1.54, 1.807) is 18.2 Å². The topological polar surface area (TPSA) is 110 Å². The van der Waals surface area contributed by atoms with Crippen LogP contribution in [0.2, 0.25) is 0 Å². The molecular formula is C24H30NNaO6S2. The van der Waals surface area contributed by atoms with Crippen LogP contribution in [0.1, 0.15) is 45.2 Å². The van der Waals surface area contributed by atoms with E-state index in [2.05, 4.69) is 18.6 Å². The normalized spacial score (nSPS) is 12.0. The van der Waals surface area contributed by atoms with Gasteiger partial charge in [-0.05, 0) is 72.2 Å². The Bertz CT molecular complexity index is 1300. The second kappa shape index (κ2) is 12.0. The third-order valence-electron chi connectivity index (χ3n) is 5.57. The molecule has 0 saturated carbocycles. The molecule has 0 aromatic heterocycles. The van der Waals surface area contributed by atoms with Crippen molar-refractivity contribution in [2.45, 2.75) is 48.8 Å². The van der Waals surface area contributed by atoms with Crippen molar-refractivity contribution in [1.82, 2.24) is 4.72 Å². The molecule has 0 fully saturated rings. The SMILES string of the molecule is COc1ccc(S(=O)(=O)NCCCCc2cc(S(=O)(=O)O)c3ccc(C(C)C)ccc2-3)cc1.[H-].[Na+]. The smallest absolute Gasteiger partial charge is 1.00 e.